The summed E-state index contributed by atoms with van der Waals surface area (Å²) < 4.78 is 1.72. The summed E-state index contributed by atoms with van der Waals surface area (Å²) in [4.78, 5) is 26.5. The van der Waals surface area contributed by atoms with Gasteiger partial charge in [0, 0.05) is 5.39 Å². The normalized spacial score (nSPS) is 14.1. The van der Waals surface area contributed by atoms with Crippen molar-refractivity contribution in [3.63, 3.8) is 0 Å². The smallest absolute Gasteiger partial charge is 0.267 e. The third-order valence-electron chi connectivity index (χ3n) is 4.06. The lowest BCUT2D eigenvalue weighted by Crippen LogP contribution is -2.30. The first kappa shape index (κ1) is 14.2. The second-order valence-corrected chi connectivity index (χ2v) is 5.44. The Bertz CT molecular complexity index is 968. The predicted octanol–water partition coefficient (Wildman–Crippen LogP) is 2.31. The van der Waals surface area contributed by atoms with E-state index in [4.69, 9.17) is 5.73 Å². The van der Waals surface area contributed by atoms with Gasteiger partial charge in [0.25, 0.3) is 11.8 Å². The van der Waals surface area contributed by atoms with Crippen molar-refractivity contribution in [1.29, 1.82) is 0 Å². The molecule has 4 rings (SSSR count). The summed E-state index contributed by atoms with van der Waals surface area (Å²) in [5.74, 6) is -0.344. The van der Waals surface area contributed by atoms with Crippen molar-refractivity contribution in [2.24, 2.45) is 5.73 Å². The van der Waals surface area contributed by atoms with Crippen molar-refractivity contribution in [2.75, 3.05) is 4.90 Å². The highest BCUT2D eigenvalue weighted by atomic mass is 16.2. The van der Waals surface area contributed by atoms with E-state index in [0.717, 1.165) is 15.8 Å². The van der Waals surface area contributed by atoms with Gasteiger partial charge in [0.15, 0.2) is 5.82 Å². The molecule has 1 aliphatic heterocycles. The maximum atomic E-state index is 12.7. The molecule has 0 spiro atoms. The average Bonchev–Trinajstić information content (AvgIpc) is 3.10. The molecule has 1 aliphatic rings. The number of aromatic nitrogens is 2. The SMILES string of the molecule is NC=CCn1nc(N2C(=O)c3ccccc3C2=O)c2ccccc21. The van der Waals surface area contributed by atoms with E-state index in [1.165, 1.54) is 6.20 Å². The number of para-hydroxylation sites is 1. The third kappa shape index (κ3) is 1.93. The lowest BCUT2D eigenvalue weighted by atomic mass is 10.1. The maximum absolute atomic E-state index is 12.7. The Morgan fingerprint density at radius 2 is 1.58 bits per heavy atom. The third-order valence-corrected chi connectivity index (χ3v) is 4.06. The minimum absolute atomic E-state index is 0.347. The fourth-order valence-electron chi connectivity index (χ4n) is 2.96. The monoisotopic (exact) mass is 318 g/mol. The van der Waals surface area contributed by atoms with Crippen molar-refractivity contribution >= 4 is 28.5 Å². The van der Waals surface area contributed by atoms with Crippen LogP contribution in [-0.4, -0.2) is 21.6 Å². The molecule has 3 aromatic rings. The van der Waals surface area contributed by atoms with E-state index in [-0.39, 0.29) is 11.8 Å². The number of nitrogens with zero attached hydrogens (tertiary/aromatic N) is 3. The molecule has 2 aromatic carbocycles. The minimum Gasteiger partial charge on any atom is -0.405 e. The zero-order chi connectivity index (χ0) is 16.7. The molecule has 24 heavy (non-hydrogen) atoms. The molecular formula is C18H14N4O2. The summed E-state index contributed by atoms with van der Waals surface area (Å²) in [5.41, 5.74) is 7.06. The van der Waals surface area contributed by atoms with Crippen LogP contribution >= 0.6 is 0 Å². The Balaban J connectivity index is 1.89. The molecule has 2 heterocycles. The quantitative estimate of drug-likeness (QED) is 0.751. The van der Waals surface area contributed by atoms with Gasteiger partial charge in [-0.15, -0.1) is 0 Å². The second-order valence-electron chi connectivity index (χ2n) is 5.44. The molecular weight excluding hydrogens is 304 g/mol. The molecule has 1 aromatic heterocycles. The molecule has 0 atom stereocenters. The molecule has 2 amide bonds. The van der Waals surface area contributed by atoms with Crippen LogP contribution in [0.3, 0.4) is 0 Å². The number of benzene rings is 2. The zero-order valence-corrected chi connectivity index (χ0v) is 12.7. The molecule has 0 radical (unpaired) electrons. The van der Waals surface area contributed by atoms with Gasteiger partial charge in [-0.05, 0) is 36.5 Å². The van der Waals surface area contributed by atoms with Gasteiger partial charge in [-0.2, -0.15) is 5.10 Å². The number of hydrogen-bond acceptors (Lipinski definition) is 4. The summed E-state index contributed by atoms with van der Waals surface area (Å²) in [6.07, 6.45) is 3.20. The van der Waals surface area contributed by atoms with Gasteiger partial charge in [-0.3, -0.25) is 14.3 Å². The highest BCUT2D eigenvalue weighted by Gasteiger charge is 2.38. The van der Waals surface area contributed by atoms with E-state index in [1.54, 1.807) is 35.0 Å². The molecule has 0 fully saturated rings. The van der Waals surface area contributed by atoms with Gasteiger partial charge in [0.05, 0.1) is 23.2 Å². The summed E-state index contributed by atoms with van der Waals surface area (Å²) in [7, 11) is 0. The number of fused-ring (bicyclic) bond motifs is 2. The molecule has 118 valence electrons. The number of rotatable bonds is 3. The molecule has 0 unspecified atom stereocenters. The first-order valence-electron chi connectivity index (χ1n) is 7.52. The van der Waals surface area contributed by atoms with E-state index in [2.05, 4.69) is 5.10 Å². The van der Waals surface area contributed by atoms with E-state index in [0.29, 0.717) is 23.5 Å². The first-order valence-corrected chi connectivity index (χ1v) is 7.52. The predicted molar refractivity (Wildman–Crippen MR) is 90.6 cm³/mol. The summed E-state index contributed by atoms with van der Waals surface area (Å²) in [5, 5.41) is 5.23. The number of amides is 2. The average molecular weight is 318 g/mol. The van der Waals surface area contributed by atoms with Gasteiger partial charge in [0.2, 0.25) is 0 Å². The summed E-state index contributed by atoms with van der Waals surface area (Å²) in [6.45, 7) is 0.459. The van der Waals surface area contributed by atoms with E-state index >= 15 is 0 Å². The van der Waals surface area contributed by atoms with Crippen molar-refractivity contribution in [3.8, 4) is 0 Å². The van der Waals surface area contributed by atoms with E-state index in [9.17, 15) is 9.59 Å². The Morgan fingerprint density at radius 3 is 2.25 bits per heavy atom. The number of nitrogens with two attached hydrogens (primary N) is 1. The Morgan fingerprint density at radius 1 is 0.958 bits per heavy atom. The first-order chi connectivity index (χ1) is 11.7. The molecule has 2 N–H and O–H groups in total. The molecule has 6 nitrogen and oxygen atoms in total. The highest BCUT2D eigenvalue weighted by Crippen LogP contribution is 2.32. The van der Waals surface area contributed by atoms with Crippen LogP contribution in [0, 0.1) is 0 Å². The van der Waals surface area contributed by atoms with Gasteiger partial charge < -0.3 is 5.73 Å². The highest BCUT2D eigenvalue weighted by molar-refractivity contribution is 6.35. The number of imide groups is 1. The molecule has 0 bridgehead atoms. The fourth-order valence-corrected chi connectivity index (χ4v) is 2.96. The standard InChI is InChI=1S/C18H14N4O2/c19-10-5-11-21-15-9-4-3-8-14(15)16(20-21)22-17(23)12-6-1-2-7-13(12)18(22)24/h1-10H,11,19H2. The summed E-state index contributed by atoms with van der Waals surface area (Å²) >= 11 is 0. The van der Waals surface area contributed by atoms with Crippen LogP contribution < -0.4 is 10.6 Å². The lowest BCUT2D eigenvalue weighted by Gasteiger charge is -2.10. The van der Waals surface area contributed by atoms with E-state index < -0.39 is 0 Å². The number of carbonyl (C=O) groups excluding carboxylic acids is 2. The van der Waals surface area contributed by atoms with Crippen LogP contribution in [0.5, 0.6) is 0 Å². The molecule has 0 aliphatic carbocycles. The van der Waals surface area contributed by atoms with Gasteiger partial charge in [-0.1, -0.05) is 24.3 Å². The number of hydrogen-bond donors (Lipinski definition) is 1. The lowest BCUT2D eigenvalue weighted by molar-refractivity contribution is 0.0925. The van der Waals surface area contributed by atoms with Crippen LogP contribution in [0.15, 0.2) is 60.8 Å². The largest absolute Gasteiger partial charge is 0.405 e. The van der Waals surface area contributed by atoms with Gasteiger partial charge in [0.1, 0.15) is 0 Å². The van der Waals surface area contributed by atoms with Crippen molar-refractivity contribution < 1.29 is 9.59 Å². The van der Waals surface area contributed by atoms with Crippen molar-refractivity contribution in [1.82, 2.24) is 9.78 Å². The number of carbonyl (C=O) groups is 2. The minimum atomic E-state index is -0.347. The van der Waals surface area contributed by atoms with E-state index in [1.807, 2.05) is 24.3 Å². The number of anilines is 1. The van der Waals surface area contributed by atoms with Gasteiger partial charge in [-0.25, -0.2) is 4.90 Å². The van der Waals surface area contributed by atoms with Crippen LogP contribution in [-0.2, 0) is 6.54 Å². The van der Waals surface area contributed by atoms with Crippen molar-refractivity contribution in [3.05, 3.63) is 71.9 Å². The van der Waals surface area contributed by atoms with Crippen LogP contribution in [0.2, 0.25) is 0 Å². The van der Waals surface area contributed by atoms with Crippen LogP contribution in [0.25, 0.3) is 10.9 Å². The molecule has 6 heteroatoms. The zero-order valence-electron chi connectivity index (χ0n) is 12.7. The maximum Gasteiger partial charge on any atom is 0.267 e. The fraction of sp³-hybridized carbons (Fsp3) is 0.0556. The Hall–Kier alpha value is -3.41. The number of allylic oxidation sites excluding steroid dienone is 1. The Kier molecular flexibility index (Phi) is 3.16. The topological polar surface area (TPSA) is 81.2 Å². The van der Waals surface area contributed by atoms with Crippen LogP contribution in [0.4, 0.5) is 5.82 Å². The summed E-state index contributed by atoms with van der Waals surface area (Å²) in [6, 6.07) is 14.3. The van der Waals surface area contributed by atoms with Gasteiger partial charge >= 0.3 is 0 Å². The molecule has 0 saturated heterocycles. The molecule has 0 saturated carbocycles. The second kappa shape index (κ2) is 5.34. The van der Waals surface area contributed by atoms with Crippen molar-refractivity contribution in [2.45, 2.75) is 6.54 Å². The van der Waals surface area contributed by atoms with Crippen LogP contribution in [0.1, 0.15) is 20.7 Å². The Labute approximate surface area is 137 Å².